The predicted octanol–water partition coefficient (Wildman–Crippen LogP) is 3.16. The topological polar surface area (TPSA) is 116 Å². The van der Waals surface area contributed by atoms with E-state index in [2.05, 4.69) is 15.3 Å². The highest BCUT2D eigenvalue weighted by molar-refractivity contribution is 6.08. The lowest BCUT2D eigenvalue weighted by molar-refractivity contribution is -0.113. The number of anilines is 3. The van der Waals surface area contributed by atoms with E-state index >= 15 is 0 Å². The summed E-state index contributed by atoms with van der Waals surface area (Å²) in [6.45, 7) is 0.114. The van der Waals surface area contributed by atoms with Crippen LogP contribution in [0.5, 0.6) is 0 Å². The first-order chi connectivity index (χ1) is 17.3. The number of alkyl halides is 2. The molecule has 1 amide bonds. The highest BCUT2D eigenvalue weighted by Gasteiger charge is 2.47. The van der Waals surface area contributed by atoms with E-state index in [9.17, 15) is 13.6 Å². The Balaban J connectivity index is 1.30. The van der Waals surface area contributed by atoms with Crippen LogP contribution in [0.15, 0.2) is 48.8 Å². The third kappa shape index (κ3) is 4.39. The molecule has 9 nitrogen and oxygen atoms in total. The van der Waals surface area contributed by atoms with Gasteiger partial charge in [-0.2, -0.15) is 4.98 Å². The second-order valence-electron chi connectivity index (χ2n) is 8.96. The molecule has 1 aromatic carbocycles. The fourth-order valence-corrected chi connectivity index (χ4v) is 4.53. The number of hydrogen-bond donors (Lipinski definition) is 3. The van der Waals surface area contributed by atoms with Crippen LogP contribution < -0.4 is 16.0 Å². The minimum atomic E-state index is -2.79. The van der Waals surface area contributed by atoms with Crippen molar-refractivity contribution in [2.45, 2.75) is 18.9 Å². The van der Waals surface area contributed by atoms with Crippen molar-refractivity contribution in [1.82, 2.24) is 19.4 Å². The minimum Gasteiger partial charge on any atom is -0.404 e. The van der Waals surface area contributed by atoms with E-state index < -0.39 is 19.0 Å². The number of halogens is 2. The number of fused-ring (bicyclic) bond motifs is 1. The van der Waals surface area contributed by atoms with Crippen LogP contribution in [0.4, 0.5) is 26.2 Å². The van der Waals surface area contributed by atoms with Gasteiger partial charge in [0.2, 0.25) is 5.95 Å². The van der Waals surface area contributed by atoms with Gasteiger partial charge in [-0.1, -0.05) is 12.1 Å². The second kappa shape index (κ2) is 9.06. The van der Waals surface area contributed by atoms with Gasteiger partial charge >= 0.3 is 0 Å². The fraction of sp³-hybridized carbons (Fsp3) is 0.280. The van der Waals surface area contributed by atoms with Crippen LogP contribution in [0.2, 0.25) is 0 Å². The van der Waals surface area contributed by atoms with Crippen molar-refractivity contribution < 1.29 is 13.6 Å². The first-order valence-electron chi connectivity index (χ1n) is 11.5. The molecule has 0 aliphatic carbocycles. The van der Waals surface area contributed by atoms with Gasteiger partial charge in [0.25, 0.3) is 11.8 Å². The van der Waals surface area contributed by atoms with Crippen molar-refractivity contribution in [3.05, 3.63) is 71.3 Å². The number of nitrogens with zero attached hydrogens (tertiary/aromatic N) is 5. The van der Waals surface area contributed by atoms with Gasteiger partial charge < -0.3 is 30.8 Å². The Morgan fingerprint density at radius 2 is 1.97 bits per heavy atom. The van der Waals surface area contributed by atoms with Crippen molar-refractivity contribution in [2.75, 3.05) is 29.9 Å². The van der Waals surface area contributed by atoms with Gasteiger partial charge in [-0.25, -0.2) is 13.8 Å². The Hall–Kier alpha value is -4.28. The molecule has 2 aliphatic rings. The van der Waals surface area contributed by atoms with Crippen molar-refractivity contribution in [3.8, 4) is 0 Å². The molecule has 0 saturated carbocycles. The Kier molecular flexibility index (Phi) is 5.91. The molecule has 0 spiro atoms. The van der Waals surface area contributed by atoms with Crippen LogP contribution in [0, 0.1) is 5.41 Å². The Morgan fingerprint density at radius 1 is 1.22 bits per heavy atom. The summed E-state index contributed by atoms with van der Waals surface area (Å²) < 4.78 is 28.3. The zero-order valence-corrected chi connectivity index (χ0v) is 19.7. The summed E-state index contributed by atoms with van der Waals surface area (Å²) in [5, 5.41) is 10.7. The molecule has 0 unspecified atom stereocenters. The molecule has 1 fully saturated rings. The van der Waals surface area contributed by atoms with Crippen LogP contribution in [-0.2, 0) is 20.0 Å². The van der Waals surface area contributed by atoms with E-state index in [1.54, 1.807) is 23.9 Å². The molecule has 4 N–H and O–H groups in total. The van der Waals surface area contributed by atoms with Gasteiger partial charge in [-0.05, 0) is 41.8 Å². The molecular formula is C25H26F2N8O. The molecule has 1 saturated heterocycles. The van der Waals surface area contributed by atoms with Crippen molar-refractivity contribution in [2.24, 2.45) is 12.8 Å². The highest BCUT2D eigenvalue weighted by Crippen LogP contribution is 2.31. The number of aromatic nitrogens is 3. The lowest BCUT2D eigenvalue weighted by atomic mass is 10.1. The average molecular weight is 493 g/mol. The van der Waals surface area contributed by atoms with Gasteiger partial charge in [0, 0.05) is 49.2 Å². The number of nitrogens with one attached hydrogen (secondary N) is 2. The van der Waals surface area contributed by atoms with Gasteiger partial charge in [0.15, 0.2) is 0 Å². The van der Waals surface area contributed by atoms with Crippen LogP contribution in [-0.4, -0.2) is 57.1 Å². The maximum absolute atomic E-state index is 13.2. The summed E-state index contributed by atoms with van der Waals surface area (Å²) in [7, 11) is 1.79. The normalized spacial score (nSPS) is 16.8. The standard InChI is InChI=1S/C25H26F2N8O/c1-33-20(23(36)35-14-25(26,27)15-35)10-17-7-9-34(13-21(17)33)24-30-8-6-22(32-24)31-19-4-2-16(3-5-19)18(11-28)12-29/h2-6,8,10-12,28H,7,9,13-15,29H2,1H3,(H,30,31,32)/b18-12+,28-11?. The van der Waals surface area contributed by atoms with E-state index in [0.717, 1.165) is 22.5 Å². The number of nitrogens with two attached hydrogens (primary N) is 1. The van der Waals surface area contributed by atoms with E-state index in [0.29, 0.717) is 42.5 Å². The molecule has 2 aromatic heterocycles. The van der Waals surface area contributed by atoms with Crippen molar-refractivity contribution >= 4 is 35.1 Å². The first-order valence-corrected chi connectivity index (χ1v) is 11.5. The number of rotatable bonds is 6. The molecule has 0 radical (unpaired) electrons. The van der Waals surface area contributed by atoms with E-state index in [1.165, 1.54) is 17.3 Å². The summed E-state index contributed by atoms with van der Waals surface area (Å²) >= 11 is 0. The van der Waals surface area contributed by atoms with Gasteiger partial charge in [0.05, 0.1) is 19.6 Å². The smallest absolute Gasteiger partial charge is 0.282 e. The number of likely N-dealkylation sites (tertiary alicyclic amines) is 1. The number of carbonyl (C=O) groups is 1. The van der Waals surface area contributed by atoms with Gasteiger partial charge in [-0.15, -0.1) is 0 Å². The summed E-state index contributed by atoms with van der Waals surface area (Å²) in [6.07, 6.45) is 4.98. The fourth-order valence-electron chi connectivity index (χ4n) is 4.53. The summed E-state index contributed by atoms with van der Waals surface area (Å²) in [5.74, 6) is -1.98. The average Bonchev–Trinajstić information content (AvgIpc) is 3.20. The van der Waals surface area contributed by atoms with Crippen LogP contribution in [0.1, 0.15) is 27.3 Å². The number of amides is 1. The Labute approximate surface area is 206 Å². The predicted molar refractivity (Wildman–Crippen MR) is 134 cm³/mol. The molecule has 0 atom stereocenters. The number of hydrogen-bond acceptors (Lipinski definition) is 7. The summed E-state index contributed by atoms with van der Waals surface area (Å²) in [4.78, 5) is 25.0. The minimum absolute atomic E-state index is 0.368. The van der Waals surface area contributed by atoms with Gasteiger partial charge in [0.1, 0.15) is 11.5 Å². The first kappa shape index (κ1) is 23.5. The lowest BCUT2D eigenvalue weighted by Gasteiger charge is -2.38. The summed E-state index contributed by atoms with van der Waals surface area (Å²) in [6, 6.07) is 11.1. The third-order valence-electron chi connectivity index (χ3n) is 6.54. The molecule has 11 heteroatoms. The second-order valence-corrected chi connectivity index (χ2v) is 8.96. The Morgan fingerprint density at radius 3 is 2.64 bits per heavy atom. The maximum Gasteiger partial charge on any atom is 0.282 e. The molecule has 36 heavy (non-hydrogen) atoms. The molecule has 4 heterocycles. The molecule has 0 bridgehead atoms. The molecule has 2 aliphatic heterocycles. The van der Waals surface area contributed by atoms with Crippen LogP contribution in [0.3, 0.4) is 0 Å². The SMILES string of the molecule is Cn1c(C(=O)N2CC(F)(F)C2)cc2c1CN(c1nccc(Nc3ccc(/C(C=N)=C/N)cc3)n1)CC2. The molecular weight excluding hydrogens is 466 g/mol. The van der Waals surface area contributed by atoms with Crippen molar-refractivity contribution in [1.29, 1.82) is 5.41 Å². The number of benzene rings is 1. The molecule has 5 rings (SSSR count). The third-order valence-corrected chi connectivity index (χ3v) is 6.54. The van der Waals surface area contributed by atoms with Crippen LogP contribution in [0.25, 0.3) is 5.57 Å². The zero-order chi connectivity index (χ0) is 25.4. The lowest BCUT2D eigenvalue weighted by Crippen LogP contribution is -2.58. The van der Waals surface area contributed by atoms with E-state index in [1.807, 2.05) is 35.2 Å². The van der Waals surface area contributed by atoms with Gasteiger partial charge in [-0.3, -0.25) is 4.79 Å². The number of carbonyl (C=O) groups excluding carboxylic acids is 1. The summed E-state index contributed by atoms with van der Waals surface area (Å²) in [5.41, 5.74) is 10.3. The van der Waals surface area contributed by atoms with Crippen LogP contribution >= 0.6 is 0 Å². The monoisotopic (exact) mass is 492 g/mol. The highest BCUT2D eigenvalue weighted by atomic mass is 19.3. The molecule has 186 valence electrons. The zero-order valence-electron chi connectivity index (χ0n) is 19.7. The number of allylic oxidation sites excluding steroid dienone is 1. The van der Waals surface area contributed by atoms with E-state index in [4.69, 9.17) is 11.1 Å². The Bertz CT molecular complexity index is 1340. The quantitative estimate of drug-likeness (QED) is 0.455. The maximum atomic E-state index is 13.2. The van der Waals surface area contributed by atoms with E-state index in [-0.39, 0.29) is 5.91 Å². The molecule has 3 aromatic rings. The van der Waals surface area contributed by atoms with Crippen molar-refractivity contribution in [3.63, 3.8) is 0 Å². The largest absolute Gasteiger partial charge is 0.404 e.